The molecule has 0 aliphatic carbocycles. The molecule has 7 heteroatoms. The standard InChI is InChI=1S/C19H22N4O3/c1-18(2)11-19(3)21(12-18)14(15(24)13-8-6-5-7-9-13)10-22-16(25)20(4)17(26)23(19)22/h5-10H,11-12H2,1-4H3. The Morgan fingerprint density at radius 2 is 1.69 bits per heavy atom. The van der Waals surface area contributed by atoms with Gasteiger partial charge in [-0.05, 0) is 18.8 Å². The molecule has 2 aliphatic heterocycles. The first kappa shape index (κ1) is 16.6. The van der Waals surface area contributed by atoms with Gasteiger partial charge in [-0.1, -0.05) is 44.2 Å². The van der Waals surface area contributed by atoms with Crippen molar-refractivity contribution in [1.82, 2.24) is 18.8 Å². The second kappa shape index (κ2) is 5.09. The number of rotatable bonds is 2. The monoisotopic (exact) mass is 354 g/mol. The molecule has 1 aromatic carbocycles. The number of ketones is 1. The fourth-order valence-electron chi connectivity index (χ4n) is 4.40. The van der Waals surface area contributed by atoms with Gasteiger partial charge in [0.1, 0.15) is 11.4 Å². The predicted octanol–water partition coefficient (Wildman–Crippen LogP) is 1.45. The van der Waals surface area contributed by atoms with Gasteiger partial charge in [0.05, 0.1) is 6.20 Å². The molecule has 1 saturated heterocycles. The second-order valence-electron chi connectivity index (χ2n) is 8.13. The number of nitrogens with zero attached hydrogens (tertiary/aromatic N) is 4. The van der Waals surface area contributed by atoms with E-state index < -0.39 is 11.4 Å². The molecule has 1 unspecified atom stereocenters. The van der Waals surface area contributed by atoms with Crippen molar-refractivity contribution in [2.24, 2.45) is 12.5 Å². The molecule has 26 heavy (non-hydrogen) atoms. The largest absolute Gasteiger partial charge is 0.351 e. The summed E-state index contributed by atoms with van der Waals surface area (Å²) in [5.74, 6) is -0.149. The topological polar surface area (TPSA) is 69.2 Å². The molecule has 1 aromatic heterocycles. The van der Waals surface area contributed by atoms with Gasteiger partial charge in [-0.3, -0.25) is 4.79 Å². The summed E-state index contributed by atoms with van der Waals surface area (Å²) in [6, 6.07) is 9.01. The van der Waals surface area contributed by atoms with E-state index in [1.54, 1.807) is 12.1 Å². The Labute approximate surface area is 150 Å². The number of carbonyl (C=O) groups excluding carboxylic acids is 1. The lowest BCUT2D eigenvalue weighted by Crippen LogP contribution is -2.53. The minimum atomic E-state index is -0.768. The highest BCUT2D eigenvalue weighted by atomic mass is 16.2. The average molecular weight is 354 g/mol. The molecule has 0 saturated carbocycles. The fraction of sp³-hybridized carbons (Fsp3) is 0.421. The fourth-order valence-corrected chi connectivity index (χ4v) is 4.40. The third-order valence-corrected chi connectivity index (χ3v) is 5.41. The lowest BCUT2D eigenvalue weighted by atomic mass is 9.89. The molecular weight excluding hydrogens is 332 g/mol. The molecule has 2 aromatic rings. The molecule has 0 radical (unpaired) electrons. The molecule has 0 bridgehead atoms. The van der Waals surface area contributed by atoms with Gasteiger partial charge in [0.25, 0.3) is 0 Å². The van der Waals surface area contributed by atoms with Gasteiger partial charge in [-0.15, -0.1) is 0 Å². The SMILES string of the molecule is Cn1c(=O)n2n(c1=O)C1(C)CC(C)(C)CN1C(C(=O)c1ccccc1)=C2. The van der Waals surface area contributed by atoms with Crippen molar-refractivity contribution in [3.8, 4) is 0 Å². The van der Waals surface area contributed by atoms with Crippen molar-refractivity contribution in [1.29, 1.82) is 0 Å². The van der Waals surface area contributed by atoms with Crippen LogP contribution in [0.25, 0.3) is 6.20 Å². The summed E-state index contributed by atoms with van der Waals surface area (Å²) in [6.45, 7) is 6.77. The average Bonchev–Trinajstić information content (AvgIpc) is 2.98. The highest BCUT2D eigenvalue weighted by Crippen LogP contribution is 2.47. The summed E-state index contributed by atoms with van der Waals surface area (Å²) >= 11 is 0. The van der Waals surface area contributed by atoms with Crippen molar-refractivity contribution in [3.05, 3.63) is 62.6 Å². The van der Waals surface area contributed by atoms with Crippen LogP contribution in [0.3, 0.4) is 0 Å². The third-order valence-electron chi connectivity index (χ3n) is 5.41. The maximum absolute atomic E-state index is 13.2. The Hall–Kier alpha value is -2.83. The van der Waals surface area contributed by atoms with E-state index in [1.165, 1.54) is 22.6 Å². The molecule has 136 valence electrons. The summed E-state index contributed by atoms with van der Waals surface area (Å²) in [5, 5.41) is 0. The number of hydrogen-bond donors (Lipinski definition) is 0. The number of Topliss-reactive ketones (excluding diaryl/α,β-unsaturated/α-hetero) is 1. The van der Waals surface area contributed by atoms with Crippen molar-refractivity contribution in [2.45, 2.75) is 32.9 Å². The van der Waals surface area contributed by atoms with E-state index in [-0.39, 0.29) is 16.9 Å². The first-order valence-corrected chi connectivity index (χ1v) is 8.66. The van der Waals surface area contributed by atoms with E-state index in [4.69, 9.17) is 0 Å². The van der Waals surface area contributed by atoms with Gasteiger partial charge in [-0.25, -0.2) is 23.5 Å². The van der Waals surface area contributed by atoms with Crippen molar-refractivity contribution < 1.29 is 4.79 Å². The van der Waals surface area contributed by atoms with Gasteiger partial charge in [0, 0.05) is 19.2 Å². The van der Waals surface area contributed by atoms with Crippen LogP contribution in [0, 0.1) is 5.41 Å². The summed E-state index contributed by atoms with van der Waals surface area (Å²) in [7, 11) is 1.46. The maximum Gasteiger partial charge on any atom is 0.351 e. The van der Waals surface area contributed by atoms with Gasteiger partial charge >= 0.3 is 11.4 Å². The van der Waals surface area contributed by atoms with E-state index in [2.05, 4.69) is 13.8 Å². The Balaban J connectivity index is 1.99. The summed E-state index contributed by atoms with van der Waals surface area (Å²) in [4.78, 5) is 40.4. The molecule has 1 fully saturated rings. The van der Waals surface area contributed by atoms with Crippen molar-refractivity contribution in [2.75, 3.05) is 6.54 Å². The quantitative estimate of drug-likeness (QED) is 0.766. The first-order valence-electron chi connectivity index (χ1n) is 8.66. The molecule has 1 atom stereocenters. The Morgan fingerprint density at radius 1 is 1.04 bits per heavy atom. The minimum absolute atomic E-state index is 0.106. The van der Waals surface area contributed by atoms with Crippen molar-refractivity contribution in [3.63, 3.8) is 0 Å². The van der Waals surface area contributed by atoms with Crippen molar-refractivity contribution >= 4 is 12.0 Å². The highest BCUT2D eigenvalue weighted by molar-refractivity contribution is 6.10. The lowest BCUT2D eigenvalue weighted by molar-refractivity contribution is 0.0651. The van der Waals surface area contributed by atoms with Crippen LogP contribution in [0.4, 0.5) is 0 Å². The number of carbonyl (C=O) groups is 1. The van der Waals surface area contributed by atoms with E-state index in [0.717, 1.165) is 4.57 Å². The number of benzene rings is 1. The predicted molar refractivity (Wildman–Crippen MR) is 97.7 cm³/mol. The minimum Gasteiger partial charge on any atom is -0.342 e. The normalized spacial score (nSPS) is 23.4. The van der Waals surface area contributed by atoms with Crippen LogP contribution in [0.15, 0.2) is 45.6 Å². The summed E-state index contributed by atoms with van der Waals surface area (Å²) in [5.41, 5.74) is -0.690. The number of allylic oxidation sites excluding steroid dienone is 1. The lowest BCUT2D eigenvalue weighted by Gasteiger charge is -2.41. The smallest absolute Gasteiger partial charge is 0.342 e. The molecule has 3 heterocycles. The van der Waals surface area contributed by atoms with Crippen LogP contribution in [0.5, 0.6) is 0 Å². The van der Waals surface area contributed by atoms with E-state index in [0.29, 0.717) is 24.2 Å². The molecule has 0 N–H and O–H groups in total. The van der Waals surface area contributed by atoms with Crippen LogP contribution < -0.4 is 11.4 Å². The zero-order valence-corrected chi connectivity index (χ0v) is 15.4. The zero-order valence-electron chi connectivity index (χ0n) is 15.4. The van der Waals surface area contributed by atoms with Gasteiger partial charge in [0.2, 0.25) is 5.78 Å². The first-order chi connectivity index (χ1) is 12.2. The van der Waals surface area contributed by atoms with Crippen LogP contribution in [-0.4, -0.2) is 31.2 Å². The van der Waals surface area contributed by atoms with Gasteiger partial charge in [0.15, 0.2) is 0 Å². The van der Waals surface area contributed by atoms with Crippen LogP contribution in [0.2, 0.25) is 0 Å². The second-order valence-corrected chi connectivity index (χ2v) is 8.13. The molecule has 2 aliphatic rings. The van der Waals surface area contributed by atoms with Crippen LogP contribution in [0.1, 0.15) is 37.6 Å². The van der Waals surface area contributed by atoms with Gasteiger partial charge < -0.3 is 4.90 Å². The molecule has 7 nitrogen and oxygen atoms in total. The van der Waals surface area contributed by atoms with Crippen LogP contribution >= 0.6 is 0 Å². The zero-order chi connectivity index (χ0) is 18.9. The Bertz CT molecular complexity index is 1050. The molecule has 0 amide bonds. The van der Waals surface area contributed by atoms with E-state index in [1.807, 2.05) is 30.0 Å². The summed E-state index contributed by atoms with van der Waals surface area (Å²) < 4.78 is 3.85. The Morgan fingerprint density at radius 3 is 2.35 bits per heavy atom. The highest BCUT2D eigenvalue weighted by Gasteiger charge is 2.53. The maximum atomic E-state index is 13.2. The van der Waals surface area contributed by atoms with Crippen LogP contribution in [-0.2, 0) is 12.7 Å². The Kier molecular flexibility index (Phi) is 3.26. The molecular formula is C19H22N4O3. The van der Waals surface area contributed by atoms with E-state index >= 15 is 0 Å². The molecule has 4 rings (SSSR count). The number of aromatic nitrogens is 3. The number of fused-ring (bicyclic) bond motifs is 3. The van der Waals surface area contributed by atoms with Gasteiger partial charge in [-0.2, -0.15) is 0 Å². The molecule has 0 spiro atoms. The number of hydrogen-bond acceptors (Lipinski definition) is 4. The van der Waals surface area contributed by atoms with E-state index in [9.17, 15) is 14.4 Å². The third kappa shape index (κ3) is 2.09. The summed E-state index contributed by atoms with van der Waals surface area (Å²) in [6.07, 6.45) is 2.16.